The van der Waals surface area contributed by atoms with Gasteiger partial charge in [-0.3, -0.25) is 9.78 Å². The number of carbonyl (C=O) groups is 1. The first kappa shape index (κ1) is 12.4. The third-order valence-corrected chi connectivity index (χ3v) is 3.74. The molecule has 1 saturated heterocycles. The second kappa shape index (κ2) is 6.61. The van der Waals surface area contributed by atoms with E-state index in [9.17, 15) is 4.79 Å². The smallest absolute Gasteiger partial charge is 0.230 e. The van der Waals surface area contributed by atoms with Crippen molar-refractivity contribution in [3.63, 3.8) is 0 Å². The van der Waals surface area contributed by atoms with Crippen molar-refractivity contribution in [2.75, 3.05) is 18.8 Å². The number of hydrogen-bond donors (Lipinski definition) is 2. The number of aromatic nitrogens is 1. The van der Waals surface area contributed by atoms with Gasteiger partial charge in [-0.2, -0.15) is 0 Å². The molecule has 4 nitrogen and oxygen atoms in total. The molecule has 2 rings (SSSR count). The van der Waals surface area contributed by atoms with Gasteiger partial charge >= 0.3 is 0 Å². The highest BCUT2D eigenvalue weighted by Crippen LogP contribution is 2.15. The normalized spacial score (nSPS) is 19.2. The van der Waals surface area contributed by atoms with Crippen LogP contribution in [0.3, 0.4) is 0 Å². The molecule has 0 bridgehead atoms. The van der Waals surface area contributed by atoms with Crippen LogP contribution in [0, 0.1) is 0 Å². The summed E-state index contributed by atoms with van der Waals surface area (Å²) < 4.78 is 0. The highest BCUT2D eigenvalue weighted by Gasteiger charge is 2.14. The number of amides is 1. The standard InChI is InChI=1S/C12H17N3OS/c16-12(15-8-10-2-1-5-14-10)9-17-11-3-6-13-7-4-11/h3-4,6-7,10,14H,1-2,5,8-9H2,(H,15,16). The Bertz CT molecular complexity index is 352. The van der Waals surface area contributed by atoms with E-state index < -0.39 is 0 Å². The molecule has 17 heavy (non-hydrogen) atoms. The number of nitrogens with one attached hydrogen (secondary N) is 2. The molecular formula is C12H17N3OS. The fourth-order valence-electron chi connectivity index (χ4n) is 1.80. The number of hydrogen-bond acceptors (Lipinski definition) is 4. The lowest BCUT2D eigenvalue weighted by Gasteiger charge is -2.11. The lowest BCUT2D eigenvalue weighted by atomic mass is 10.2. The van der Waals surface area contributed by atoms with Crippen molar-refractivity contribution in [2.24, 2.45) is 0 Å². The van der Waals surface area contributed by atoms with Crippen LogP contribution in [0.4, 0.5) is 0 Å². The Kier molecular flexibility index (Phi) is 4.82. The fourth-order valence-corrected chi connectivity index (χ4v) is 2.52. The van der Waals surface area contributed by atoms with E-state index in [0.717, 1.165) is 24.4 Å². The molecule has 1 aromatic rings. The number of carbonyl (C=O) groups excluding carboxylic acids is 1. The van der Waals surface area contributed by atoms with E-state index in [4.69, 9.17) is 0 Å². The monoisotopic (exact) mass is 251 g/mol. The average molecular weight is 251 g/mol. The van der Waals surface area contributed by atoms with Crippen molar-refractivity contribution < 1.29 is 4.79 Å². The predicted octanol–water partition coefficient (Wildman–Crippen LogP) is 1.04. The molecule has 1 aliphatic heterocycles. The maximum atomic E-state index is 11.6. The largest absolute Gasteiger partial charge is 0.354 e. The summed E-state index contributed by atoms with van der Waals surface area (Å²) in [6.07, 6.45) is 5.86. The van der Waals surface area contributed by atoms with Crippen LogP contribution < -0.4 is 10.6 Å². The highest BCUT2D eigenvalue weighted by molar-refractivity contribution is 8.00. The molecule has 1 unspecified atom stereocenters. The van der Waals surface area contributed by atoms with Crippen LogP contribution in [0.25, 0.3) is 0 Å². The molecule has 0 radical (unpaired) electrons. The van der Waals surface area contributed by atoms with E-state index >= 15 is 0 Å². The average Bonchev–Trinajstić information content (AvgIpc) is 2.88. The summed E-state index contributed by atoms with van der Waals surface area (Å²) in [6.45, 7) is 1.82. The van der Waals surface area contributed by atoms with Crippen molar-refractivity contribution in [3.8, 4) is 0 Å². The van der Waals surface area contributed by atoms with Gasteiger partial charge in [0.05, 0.1) is 5.75 Å². The van der Waals surface area contributed by atoms with Crippen LogP contribution in [0.5, 0.6) is 0 Å². The van der Waals surface area contributed by atoms with E-state index in [0.29, 0.717) is 11.8 Å². The lowest BCUT2D eigenvalue weighted by Crippen LogP contribution is -2.37. The van der Waals surface area contributed by atoms with Crippen LogP contribution in [0.2, 0.25) is 0 Å². The second-order valence-corrected chi connectivity index (χ2v) is 5.12. The molecule has 1 amide bonds. The number of nitrogens with zero attached hydrogens (tertiary/aromatic N) is 1. The summed E-state index contributed by atoms with van der Waals surface area (Å²) in [5.74, 6) is 0.567. The summed E-state index contributed by atoms with van der Waals surface area (Å²) in [7, 11) is 0. The summed E-state index contributed by atoms with van der Waals surface area (Å²) >= 11 is 1.54. The fraction of sp³-hybridized carbons (Fsp3) is 0.500. The SMILES string of the molecule is O=C(CSc1ccncc1)NCC1CCCN1. The van der Waals surface area contributed by atoms with Gasteiger partial charge in [-0.15, -0.1) is 11.8 Å². The van der Waals surface area contributed by atoms with Gasteiger partial charge < -0.3 is 10.6 Å². The van der Waals surface area contributed by atoms with E-state index in [1.54, 1.807) is 12.4 Å². The molecule has 0 saturated carbocycles. The molecule has 5 heteroatoms. The predicted molar refractivity (Wildman–Crippen MR) is 69.0 cm³/mol. The Hall–Kier alpha value is -1.07. The van der Waals surface area contributed by atoms with Gasteiger partial charge in [0.15, 0.2) is 0 Å². The first-order valence-corrected chi connectivity index (χ1v) is 6.86. The summed E-state index contributed by atoms with van der Waals surface area (Å²) in [5.41, 5.74) is 0. The zero-order valence-corrected chi connectivity index (χ0v) is 10.5. The third-order valence-electron chi connectivity index (χ3n) is 2.73. The van der Waals surface area contributed by atoms with Crippen LogP contribution in [0.15, 0.2) is 29.4 Å². The summed E-state index contributed by atoms with van der Waals surface area (Å²) in [6, 6.07) is 4.29. The Morgan fingerprint density at radius 2 is 2.35 bits per heavy atom. The van der Waals surface area contributed by atoms with E-state index in [2.05, 4.69) is 15.6 Å². The Morgan fingerprint density at radius 3 is 3.06 bits per heavy atom. The number of rotatable bonds is 5. The van der Waals surface area contributed by atoms with E-state index in [-0.39, 0.29) is 5.91 Å². The third kappa shape index (κ3) is 4.36. The van der Waals surface area contributed by atoms with Gasteiger partial charge in [0.25, 0.3) is 0 Å². The van der Waals surface area contributed by atoms with Crippen molar-refractivity contribution in [1.29, 1.82) is 0 Å². The first-order chi connectivity index (χ1) is 8.34. The minimum Gasteiger partial charge on any atom is -0.354 e. The second-order valence-electron chi connectivity index (χ2n) is 4.07. The summed E-state index contributed by atoms with van der Waals surface area (Å²) in [5, 5.41) is 6.31. The van der Waals surface area contributed by atoms with Gasteiger partial charge in [0.2, 0.25) is 5.91 Å². The van der Waals surface area contributed by atoms with Crippen molar-refractivity contribution >= 4 is 17.7 Å². The maximum absolute atomic E-state index is 11.6. The van der Waals surface area contributed by atoms with Gasteiger partial charge in [-0.05, 0) is 31.5 Å². The Morgan fingerprint density at radius 1 is 1.53 bits per heavy atom. The van der Waals surface area contributed by atoms with Crippen molar-refractivity contribution in [2.45, 2.75) is 23.8 Å². The van der Waals surface area contributed by atoms with Crippen LogP contribution >= 0.6 is 11.8 Å². The molecule has 0 aliphatic carbocycles. The zero-order chi connectivity index (χ0) is 11.9. The minimum absolute atomic E-state index is 0.0977. The molecule has 1 aromatic heterocycles. The first-order valence-electron chi connectivity index (χ1n) is 5.87. The maximum Gasteiger partial charge on any atom is 0.230 e. The molecule has 1 atom stereocenters. The molecule has 1 fully saturated rings. The van der Waals surface area contributed by atoms with Crippen LogP contribution in [-0.4, -0.2) is 35.8 Å². The van der Waals surface area contributed by atoms with E-state index in [1.165, 1.54) is 18.2 Å². The van der Waals surface area contributed by atoms with Crippen molar-refractivity contribution in [3.05, 3.63) is 24.5 Å². The van der Waals surface area contributed by atoms with Gasteiger partial charge in [-0.25, -0.2) is 0 Å². The molecule has 0 aromatic carbocycles. The quantitative estimate of drug-likeness (QED) is 0.768. The van der Waals surface area contributed by atoms with Gasteiger partial charge in [-0.1, -0.05) is 0 Å². The van der Waals surface area contributed by atoms with Crippen molar-refractivity contribution in [1.82, 2.24) is 15.6 Å². The lowest BCUT2D eigenvalue weighted by molar-refractivity contribution is -0.118. The van der Waals surface area contributed by atoms with Crippen LogP contribution in [0.1, 0.15) is 12.8 Å². The summed E-state index contributed by atoms with van der Waals surface area (Å²) in [4.78, 5) is 16.6. The number of pyridine rings is 1. The minimum atomic E-state index is 0.0977. The number of thioether (sulfide) groups is 1. The zero-order valence-electron chi connectivity index (χ0n) is 9.69. The molecule has 2 N–H and O–H groups in total. The van der Waals surface area contributed by atoms with Gasteiger partial charge in [0, 0.05) is 29.9 Å². The van der Waals surface area contributed by atoms with Crippen LogP contribution in [-0.2, 0) is 4.79 Å². The molecule has 92 valence electrons. The molecule has 1 aliphatic rings. The molecular weight excluding hydrogens is 234 g/mol. The Labute approximate surface area is 106 Å². The van der Waals surface area contributed by atoms with E-state index in [1.807, 2.05) is 12.1 Å². The molecule has 2 heterocycles. The highest BCUT2D eigenvalue weighted by atomic mass is 32.2. The molecule has 0 spiro atoms. The Balaban J connectivity index is 1.64. The van der Waals surface area contributed by atoms with Gasteiger partial charge in [0.1, 0.15) is 0 Å². The topological polar surface area (TPSA) is 54.0 Å².